The summed E-state index contributed by atoms with van der Waals surface area (Å²) in [5, 5.41) is 0. The number of hydrogen-bond acceptors (Lipinski definition) is 3. The Morgan fingerprint density at radius 2 is 1.85 bits per heavy atom. The summed E-state index contributed by atoms with van der Waals surface area (Å²) in [7, 11) is 0. The highest BCUT2D eigenvalue weighted by Crippen LogP contribution is 2.40. The molecule has 1 aliphatic rings. The van der Waals surface area contributed by atoms with Crippen LogP contribution in [0.2, 0.25) is 0 Å². The Bertz CT molecular complexity index is 646. The van der Waals surface area contributed by atoms with Gasteiger partial charge in [0.1, 0.15) is 19.0 Å². The third kappa shape index (κ3) is 2.39. The van der Waals surface area contributed by atoms with Crippen LogP contribution in [0, 0.1) is 0 Å². The smallest absolute Gasteiger partial charge is 0.302 e. The normalized spacial score (nSPS) is 11.7. The molecule has 3 heteroatoms. The predicted molar refractivity (Wildman–Crippen MR) is 76.8 cm³/mol. The van der Waals surface area contributed by atoms with Gasteiger partial charge < -0.3 is 9.47 Å². The van der Waals surface area contributed by atoms with Crippen LogP contribution >= 0.6 is 0 Å². The maximum Gasteiger partial charge on any atom is 0.302 e. The van der Waals surface area contributed by atoms with E-state index < -0.39 is 0 Å². The molecule has 0 amide bonds. The first kappa shape index (κ1) is 12.7. The molecule has 3 nitrogen and oxygen atoms in total. The van der Waals surface area contributed by atoms with Crippen LogP contribution in [-0.4, -0.2) is 19.2 Å². The van der Waals surface area contributed by atoms with Crippen molar-refractivity contribution in [3.05, 3.63) is 53.6 Å². The van der Waals surface area contributed by atoms with E-state index in [4.69, 9.17) is 9.47 Å². The van der Waals surface area contributed by atoms with Crippen molar-refractivity contribution in [1.29, 1.82) is 0 Å². The second-order valence-electron chi connectivity index (χ2n) is 4.80. The Hall–Kier alpha value is -2.29. The maximum atomic E-state index is 10.7. The number of esters is 1. The molecule has 102 valence electrons. The zero-order valence-electron chi connectivity index (χ0n) is 11.4. The minimum Gasteiger partial charge on any atom is -0.490 e. The Morgan fingerprint density at radius 3 is 2.70 bits per heavy atom. The van der Waals surface area contributed by atoms with E-state index >= 15 is 0 Å². The minimum absolute atomic E-state index is 0.278. The molecule has 3 rings (SSSR count). The highest BCUT2D eigenvalue weighted by molar-refractivity contribution is 5.78. The fourth-order valence-electron chi connectivity index (χ4n) is 2.60. The van der Waals surface area contributed by atoms with Gasteiger partial charge in [0.05, 0.1) is 0 Å². The topological polar surface area (TPSA) is 35.5 Å². The van der Waals surface area contributed by atoms with E-state index in [1.54, 1.807) is 0 Å². The van der Waals surface area contributed by atoms with E-state index in [1.807, 2.05) is 12.1 Å². The van der Waals surface area contributed by atoms with Crippen LogP contribution in [0.3, 0.4) is 0 Å². The molecule has 1 aliphatic carbocycles. The Balaban J connectivity index is 1.77. The van der Waals surface area contributed by atoms with Crippen LogP contribution in [0.15, 0.2) is 42.5 Å². The van der Waals surface area contributed by atoms with Gasteiger partial charge in [0.25, 0.3) is 0 Å². The number of carbonyl (C=O) groups excluding carboxylic acids is 1. The first-order chi connectivity index (χ1) is 9.75. The van der Waals surface area contributed by atoms with Crippen molar-refractivity contribution in [2.75, 3.05) is 13.2 Å². The Kier molecular flexibility index (Phi) is 3.42. The zero-order chi connectivity index (χ0) is 13.9. The summed E-state index contributed by atoms with van der Waals surface area (Å²) in [4.78, 5) is 10.7. The van der Waals surface area contributed by atoms with Crippen molar-refractivity contribution < 1.29 is 14.3 Å². The molecule has 0 radical (unpaired) electrons. The van der Waals surface area contributed by atoms with Gasteiger partial charge in [-0.1, -0.05) is 36.4 Å². The van der Waals surface area contributed by atoms with Crippen molar-refractivity contribution >= 4 is 5.97 Å². The molecule has 20 heavy (non-hydrogen) atoms. The van der Waals surface area contributed by atoms with Crippen molar-refractivity contribution in [2.45, 2.75) is 13.3 Å². The molecular formula is C17H16O3. The lowest BCUT2D eigenvalue weighted by molar-refractivity contribution is -0.141. The number of ether oxygens (including phenoxy) is 2. The molecule has 0 aliphatic heterocycles. The van der Waals surface area contributed by atoms with E-state index in [0.717, 1.165) is 12.2 Å². The van der Waals surface area contributed by atoms with Gasteiger partial charge in [0, 0.05) is 18.9 Å². The second kappa shape index (κ2) is 5.37. The van der Waals surface area contributed by atoms with E-state index in [2.05, 4.69) is 30.3 Å². The van der Waals surface area contributed by atoms with E-state index in [1.165, 1.54) is 29.2 Å². The van der Waals surface area contributed by atoms with Crippen molar-refractivity contribution in [3.63, 3.8) is 0 Å². The molecule has 0 unspecified atom stereocenters. The molecule has 2 aromatic rings. The molecular weight excluding hydrogens is 252 g/mol. The predicted octanol–water partition coefficient (Wildman–Crippen LogP) is 3.20. The SMILES string of the molecule is CC(=O)OCCOc1cccc2c1Cc1ccccc1-2. The molecule has 0 heterocycles. The van der Waals surface area contributed by atoms with Crippen LogP contribution in [0.1, 0.15) is 18.1 Å². The van der Waals surface area contributed by atoms with Gasteiger partial charge in [-0.25, -0.2) is 0 Å². The molecule has 0 fully saturated rings. The molecule has 0 N–H and O–H groups in total. The standard InChI is InChI=1S/C17H16O3/c1-12(18)19-9-10-20-17-8-4-7-15-14-6-3-2-5-13(14)11-16(15)17/h2-8H,9-11H2,1H3. The molecule has 0 aromatic heterocycles. The summed E-state index contributed by atoms with van der Waals surface area (Å²) >= 11 is 0. The van der Waals surface area contributed by atoms with Gasteiger partial charge in [0.15, 0.2) is 0 Å². The van der Waals surface area contributed by atoms with Gasteiger partial charge >= 0.3 is 5.97 Å². The lowest BCUT2D eigenvalue weighted by Crippen LogP contribution is -2.10. The van der Waals surface area contributed by atoms with Crippen LogP contribution in [-0.2, 0) is 16.0 Å². The number of fused-ring (bicyclic) bond motifs is 3. The molecule has 0 atom stereocenters. The van der Waals surface area contributed by atoms with E-state index in [9.17, 15) is 4.79 Å². The summed E-state index contributed by atoms with van der Waals surface area (Å²) in [6.45, 7) is 2.06. The van der Waals surface area contributed by atoms with Crippen LogP contribution in [0.4, 0.5) is 0 Å². The van der Waals surface area contributed by atoms with E-state index in [-0.39, 0.29) is 12.6 Å². The summed E-state index contributed by atoms with van der Waals surface area (Å²) in [5.74, 6) is 0.602. The fourth-order valence-corrected chi connectivity index (χ4v) is 2.60. The van der Waals surface area contributed by atoms with E-state index in [0.29, 0.717) is 6.61 Å². The Morgan fingerprint density at radius 1 is 1.05 bits per heavy atom. The molecule has 0 spiro atoms. The average molecular weight is 268 g/mol. The van der Waals surface area contributed by atoms with Gasteiger partial charge in [-0.3, -0.25) is 4.79 Å². The molecule has 0 saturated heterocycles. The van der Waals surface area contributed by atoms with Crippen molar-refractivity contribution in [1.82, 2.24) is 0 Å². The van der Waals surface area contributed by atoms with Gasteiger partial charge in [-0.2, -0.15) is 0 Å². The quantitative estimate of drug-likeness (QED) is 0.538. The van der Waals surface area contributed by atoms with Crippen LogP contribution in [0.25, 0.3) is 11.1 Å². The highest BCUT2D eigenvalue weighted by Gasteiger charge is 2.20. The Labute approximate surface area is 118 Å². The van der Waals surface area contributed by atoms with Crippen molar-refractivity contribution in [2.24, 2.45) is 0 Å². The summed E-state index contributed by atoms with van der Waals surface area (Å²) in [6.07, 6.45) is 0.898. The lowest BCUT2D eigenvalue weighted by Gasteiger charge is -2.10. The summed E-state index contributed by atoms with van der Waals surface area (Å²) in [5.41, 5.74) is 5.08. The average Bonchev–Trinajstić information content (AvgIpc) is 2.83. The third-order valence-corrected chi connectivity index (χ3v) is 3.45. The maximum absolute atomic E-state index is 10.7. The summed E-state index contributed by atoms with van der Waals surface area (Å²) < 4.78 is 10.6. The van der Waals surface area contributed by atoms with Gasteiger partial charge in [0.2, 0.25) is 0 Å². The molecule has 0 saturated carbocycles. The van der Waals surface area contributed by atoms with Gasteiger partial charge in [-0.05, 0) is 22.8 Å². The minimum atomic E-state index is -0.278. The lowest BCUT2D eigenvalue weighted by atomic mass is 10.1. The first-order valence-electron chi connectivity index (χ1n) is 6.72. The monoisotopic (exact) mass is 268 g/mol. The summed E-state index contributed by atoms with van der Waals surface area (Å²) in [6, 6.07) is 14.5. The van der Waals surface area contributed by atoms with Crippen molar-refractivity contribution in [3.8, 4) is 16.9 Å². The first-order valence-corrected chi connectivity index (χ1v) is 6.72. The molecule has 2 aromatic carbocycles. The molecule has 0 bridgehead atoms. The number of hydrogen-bond donors (Lipinski definition) is 0. The largest absolute Gasteiger partial charge is 0.490 e. The number of carbonyl (C=O) groups is 1. The fraction of sp³-hybridized carbons (Fsp3) is 0.235. The number of rotatable bonds is 4. The second-order valence-corrected chi connectivity index (χ2v) is 4.80. The van der Waals surface area contributed by atoms with Gasteiger partial charge in [-0.15, -0.1) is 0 Å². The van der Waals surface area contributed by atoms with Crippen LogP contribution in [0.5, 0.6) is 5.75 Å². The van der Waals surface area contributed by atoms with Crippen LogP contribution < -0.4 is 4.74 Å². The highest BCUT2D eigenvalue weighted by atomic mass is 16.6. The number of benzene rings is 2. The zero-order valence-corrected chi connectivity index (χ0v) is 11.4. The third-order valence-electron chi connectivity index (χ3n) is 3.45.